The van der Waals surface area contributed by atoms with Crippen LogP contribution >= 0.6 is 11.6 Å². The smallest absolute Gasteiger partial charge is 0.407 e. The molecule has 0 spiro atoms. The van der Waals surface area contributed by atoms with Gasteiger partial charge in [0.25, 0.3) is 0 Å². The molecule has 1 amide bonds. The second-order valence-corrected chi connectivity index (χ2v) is 6.36. The Morgan fingerprint density at radius 3 is 2.86 bits per heavy atom. The monoisotopic (exact) mass is 310 g/mol. The van der Waals surface area contributed by atoms with Gasteiger partial charge in [0.2, 0.25) is 0 Å². The summed E-state index contributed by atoms with van der Waals surface area (Å²) in [5.74, 6) is 0. The first-order chi connectivity index (χ1) is 9.76. The highest BCUT2D eigenvalue weighted by molar-refractivity contribution is 6.30. The Bertz CT molecular complexity index is 495. The zero-order chi connectivity index (χ0) is 15.9. The minimum absolute atomic E-state index is 0.0526. The van der Waals surface area contributed by atoms with Crippen LogP contribution in [0.1, 0.15) is 46.2 Å². The number of pyridine rings is 1. The molecule has 1 N–H and O–H groups in total. The van der Waals surface area contributed by atoms with E-state index in [-0.39, 0.29) is 12.1 Å². The fraction of sp³-hybridized carbons (Fsp3) is 0.500. The highest BCUT2D eigenvalue weighted by Crippen LogP contribution is 2.10. The summed E-state index contributed by atoms with van der Waals surface area (Å²) in [6.07, 6.45) is 6.91. The van der Waals surface area contributed by atoms with E-state index in [4.69, 9.17) is 16.3 Å². The van der Waals surface area contributed by atoms with E-state index in [9.17, 15) is 4.79 Å². The molecule has 0 aliphatic heterocycles. The van der Waals surface area contributed by atoms with Crippen LogP contribution < -0.4 is 5.32 Å². The van der Waals surface area contributed by atoms with Crippen molar-refractivity contribution >= 4 is 23.8 Å². The maximum atomic E-state index is 11.6. The predicted molar refractivity (Wildman–Crippen MR) is 86.3 cm³/mol. The van der Waals surface area contributed by atoms with Crippen LogP contribution in [0.15, 0.2) is 24.4 Å². The van der Waals surface area contributed by atoms with E-state index < -0.39 is 5.60 Å². The van der Waals surface area contributed by atoms with Gasteiger partial charge >= 0.3 is 6.09 Å². The van der Waals surface area contributed by atoms with Gasteiger partial charge in [-0.05, 0) is 58.7 Å². The Morgan fingerprint density at radius 1 is 1.52 bits per heavy atom. The zero-order valence-corrected chi connectivity index (χ0v) is 13.8. The third-order valence-electron chi connectivity index (χ3n) is 2.56. The van der Waals surface area contributed by atoms with Gasteiger partial charge < -0.3 is 10.1 Å². The summed E-state index contributed by atoms with van der Waals surface area (Å²) in [5, 5.41) is 3.48. The summed E-state index contributed by atoms with van der Waals surface area (Å²) in [4.78, 5) is 15.8. The van der Waals surface area contributed by atoms with Crippen molar-refractivity contribution in [3.63, 3.8) is 0 Å². The third kappa shape index (κ3) is 8.35. The molecule has 0 aliphatic carbocycles. The van der Waals surface area contributed by atoms with Crippen LogP contribution in [0.3, 0.4) is 0 Å². The van der Waals surface area contributed by atoms with Crippen molar-refractivity contribution in [1.29, 1.82) is 0 Å². The average Bonchev–Trinajstić information content (AvgIpc) is 2.32. The zero-order valence-electron chi connectivity index (χ0n) is 13.0. The molecule has 1 rings (SSSR count). The van der Waals surface area contributed by atoms with Gasteiger partial charge in [-0.25, -0.2) is 4.79 Å². The lowest BCUT2D eigenvalue weighted by Crippen LogP contribution is -2.37. The molecule has 116 valence electrons. The molecule has 0 saturated carbocycles. The lowest BCUT2D eigenvalue weighted by Gasteiger charge is -2.21. The number of nitrogens with one attached hydrogen (secondary N) is 1. The Balaban J connectivity index is 2.30. The molecule has 21 heavy (non-hydrogen) atoms. The van der Waals surface area contributed by atoms with Crippen LogP contribution in [-0.2, 0) is 4.74 Å². The first-order valence-corrected chi connectivity index (χ1v) is 7.42. The van der Waals surface area contributed by atoms with Gasteiger partial charge in [0.05, 0.1) is 5.69 Å². The first kappa shape index (κ1) is 17.5. The molecule has 0 aromatic carbocycles. The minimum atomic E-state index is -0.470. The molecular formula is C16H23ClN2O2. The number of hydrogen-bond acceptors (Lipinski definition) is 3. The van der Waals surface area contributed by atoms with Crippen molar-refractivity contribution < 1.29 is 9.53 Å². The quantitative estimate of drug-likeness (QED) is 0.874. The maximum Gasteiger partial charge on any atom is 0.407 e. The fourth-order valence-electron chi connectivity index (χ4n) is 1.64. The second kappa shape index (κ2) is 8.03. The lowest BCUT2D eigenvalue weighted by atomic mass is 10.1. The molecule has 1 heterocycles. The van der Waals surface area contributed by atoms with Crippen LogP contribution in [0.2, 0.25) is 5.02 Å². The summed E-state index contributed by atoms with van der Waals surface area (Å²) in [5.41, 5.74) is 0.359. The molecule has 0 radical (unpaired) electrons. The number of hydrogen-bond donors (Lipinski definition) is 1. The molecule has 0 saturated heterocycles. The van der Waals surface area contributed by atoms with E-state index in [1.807, 2.05) is 39.8 Å². The molecule has 0 fully saturated rings. The van der Waals surface area contributed by atoms with E-state index in [0.717, 1.165) is 18.5 Å². The summed E-state index contributed by atoms with van der Waals surface area (Å²) in [7, 11) is 0. The lowest BCUT2D eigenvalue weighted by molar-refractivity contribution is 0.0506. The van der Waals surface area contributed by atoms with Crippen LogP contribution in [0.4, 0.5) is 4.79 Å². The van der Waals surface area contributed by atoms with Gasteiger partial charge in [-0.1, -0.05) is 17.7 Å². The largest absolute Gasteiger partial charge is 0.444 e. The van der Waals surface area contributed by atoms with Gasteiger partial charge in [-0.15, -0.1) is 0 Å². The Hall–Kier alpha value is -1.55. The van der Waals surface area contributed by atoms with Crippen LogP contribution in [0, 0.1) is 0 Å². The van der Waals surface area contributed by atoms with Crippen molar-refractivity contribution in [1.82, 2.24) is 10.3 Å². The molecular weight excluding hydrogens is 288 g/mol. The van der Waals surface area contributed by atoms with Crippen LogP contribution in [-0.4, -0.2) is 22.7 Å². The van der Waals surface area contributed by atoms with Crippen molar-refractivity contribution in [3.8, 4) is 0 Å². The molecule has 1 aromatic heterocycles. The standard InChI is InChI=1S/C16H23ClN2O2/c1-12(19-15(20)21-16(2,3)4)7-5-6-8-14-11-13(17)9-10-18-14/h6,8-12H,5,7H2,1-4H3,(H,19,20)/b8-6+/t12-/m0/s1. The number of carbonyl (C=O) groups excluding carboxylic acids is 1. The first-order valence-electron chi connectivity index (χ1n) is 7.04. The Morgan fingerprint density at radius 2 is 2.24 bits per heavy atom. The number of ether oxygens (including phenoxy) is 1. The van der Waals surface area contributed by atoms with Crippen molar-refractivity contribution in [2.24, 2.45) is 0 Å². The van der Waals surface area contributed by atoms with E-state index in [1.54, 1.807) is 18.3 Å². The number of alkyl carbamates (subject to hydrolysis) is 1. The van der Waals surface area contributed by atoms with Gasteiger partial charge in [0.1, 0.15) is 5.60 Å². The topological polar surface area (TPSA) is 51.2 Å². The summed E-state index contributed by atoms with van der Waals surface area (Å²) >= 11 is 5.88. The van der Waals surface area contributed by atoms with Gasteiger partial charge in [0, 0.05) is 17.3 Å². The fourth-order valence-corrected chi connectivity index (χ4v) is 1.81. The maximum absolute atomic E-state index is 11.6. The molecule has 4 nitrogen and oxygen atoms in total. The molecule has 0 unspecified atom stereocenters. The Kier molecular flexibility index (Phi) is 6.69. The number of halogens is 1. The number of carbonyl (C=O) groups is 1. The molecule has 5 heteroatoms. The normalized spacial score (nSPS) is 13.2. The minimum Gasteiger partial charge on any atom is -0.444 e. The number of amides is 1. The number of aromatic nitrogens is 1. The summed E-state index contributed by atoms with van der Waals surface area (Å²) < 4.78 is 5.20. The molecule has 0 aliphatic rings. The molecule has 1 atom stereocenters. The predicted octanol–water partition coefficient (Wildman–Crippen LogP) is 4.44. The van der Waals surface area contributed by atoms with Crippen molar-refractivity contribution in [2.75, 3.05) is 0 Å². The number of rotatable bonds is 5. The highest BCUT2D eigenvalue weighted by atomic mass is 35.5. The highest BCUT2D eigenvalue weighted by Gasteiger charge is 2.17. The van der Waals surface area contributed by atoms with E-state index in [2.05, 4.69) is 10.3 Å². The second-order valence-electron chi connectivity index (χ2n) is 5.93. The van der Waals surface area contributed by atoms with E-state index >= 15 is 0 Å². The van der Waals surface area contributed by atoms with Gasteiger partial charge in [-0.2, -0.15) is 0 Å². The number of nitrogens with zero attached hydrogens (tertiary/aromatic N) is 1. The SMILES string of the molecule is C[C@@H](CC/C=C/c1cc(Cl)ccn1)NC(=O)OC(C)(C)C. The van der Waals surface area contributed by atoms with Crippen molar-refractivity contribution in [2.45, 2.75) is 52.2 Å². The van der Waals surface area contributed by atoms with Crippen molar-refractivity contribution in [3.05, 3.63) is 35.1 Å². The Labute approximate surface area is 131 Å². The summed E-state index contributed by atoms with van der Waals surface area (Å²) in [6.45, 7) is 7.49. The summed E-state index contributed by atoms with van der Waals surface area (Å²) in [6, 6.07) is 3.60. The van der Waals surface area contributed by atoms with Crippen LogP contribution in [0.25, 0.3) is 6.08 Å². The molecule has 1 aromatic rings. The van der Waals surface area contributed by atoms with Gasteiger partial charge in [0.15, 0.2) is 0 Å². The van der Waals surface area contributed by atoms with E-state index in [0.29, 0.717) is 5.02 Å². The third-order valence-corrected chi connectivity index (χ3v) is 2.80. The van der Waals surface area contributed by atoms with Gasteiger partial charge in [-0.3, -0.25) is 4.98 Å². The number of allylic oxidation sites excluding steroid dienone is 1. The van der Waals surface area contributed by atoms with E-state index in [1.165, 1.54) is 0 Å². The van der Waals surface area contributed by atoms with Crippen LogP contribution in [0.5, 0.6) is 0 Å². The average molecular weight is 311 g/mol. The molecule has 0 bridgehead atoms.